The summed E-state index contributed by atoms with van der Waals surface area (Å²) in [5, 5.41) is 9.42. The first-order valence-electron chi connectivity index (χ1n) is 8.03. The maximum absolute atomic E-state index is 14.4. The molecule has 0 bridgehead atoms. The number of hydrogen-bond donors (Lipinski definition) is 1. The van der Waals surface area contributed by atoms with Crippen LogP contribution in [0.1, 0.15) is 24.0 Å². The third kappa shape index (κ3) is 3.84. The van der Waals surface area contributed by atoms with Crippen molar-refractivity contribution < 1.29 is 50.8 Å². The number of alkyl halides is 3. The van der Waals surface area contributed by atoms with Crippen LogP contribution in [-0.2, 0) is 30.3 Å². The second-order valence-corrected chi connectivity index (χ2v) is 6.35. The van der Waals surface area contributed by atoms with Crippen molar-refractivity contribution >= 4 is 5.97 Å². The molecule has 6 nitrogen and oxygen atoms in total. The molecule has 0 spiro atoms. The fourth-order valence-corrected chi connectivity index (χ4v) is 3.33. The van der Waals surface area contributed by atoms with Gasteiger partial charge in [-0.05, 0) is 18.6 Å². The number of carbonyl (C=O) groups is 1. The Morgan fingerprint density at radius 2 is 1.93 bits per heavy atom. The minimum Gasteiger partial charge on any atom is -0.479 e. The van der Waals surface area contributed by atoms with Gasteiger partial charge in [0, 0.05) is 19.8 Å². The van der Waals surface area contributed by atoms with Gasteiger partial charge in [-0.25, -0.2) is 13.6 Å². The number of carboxylic acid groups (broad SMARTS) is 1. The van der Waals surface area contributed by atoms with Gasteiger partial charge in [0.2, 0.25) is 0 Å². The summed E-state index contributed by atoms with van der Waals surface area (Å²) < 4.78 is 88.5. The highest BCUT2D eigenvalue weighted by atomic mass is 19.4. The van der Waals surface area contributed by atoms with Gasteiger partial charge >= 0.3 is 12.1 Å². The summed E-state index contributed by atoms with van der Waals surface area (Å²) in [6, 6.07) is 1.70. The molecule has 0 aliphatic carbocycles. The number of aliphatic carboxylic acids is 1. The van der Waals surface area contributed by atoms with Crippen molar-refractivity contribution in [2.45, 2.75) is 43.4 Å². The predicted molar refractivity (Wildman–Crippen MR) is 83.5 cm³/mol. The SMILES string of the molecule is COCOCc1c([C@H]2[C@H](C(=O)O)O[C@@](C)(C(F)(F)F)[C@H]2OC)ccc(F)c1F. The molecule has 2 rings (SSSR count). The molecule has 1 aliphatic heterocycles. The van der Waals surface area contributed by atoms with Crippen LogP contribution in [0.5, 0.6) is 0 Å². The molecule has 0 amide bonds. The van der Waals surface area contributed by atoms with E-state index in [0.717, 1.165) is 13.2 Å². The van der Waals surface area contributed by atoms with E-state index in [1.165, 1.54) is 7.11 Å². The fraction of sp³-hybridized carbons (Fsp3) is 0.588. The fourth-order valence-electron chi connectivity index (χ4n) is 3.33. The molecule has 1 saturated heterocycles. The summed E-state index contributed by atoms with van der Waals surface area (Å²) in [5.74, 6) is -5.91. The Morgan fingerprint density at radius 1 is 1.29 bits per heavy atom. The van der Waals surface area contributed by atoms with Crippen molar-refractivity contribution in [2.24, 2.45) is 0 Å². The summed E-state index contributed by atoms with van der Waals surface area (Å²) >= 11 is 0. The standard InChI is InChI=1S/C17H19F5O6/c1-16(17(20,21)22)14(26-3)11(13(28-16)15(23)24)8-4-5-10(18)12(19)9(8)6-27-7-25-2/h4-5,11,13-14H,6-7H2,1-3H3,(H,23,24)/t11-,13+,14-,16+/m0/s1. The van der Waals surface area contributed by atoms with Crippen LogP contribution < -0.4 is 0 Å². The van der Waals surface area contributed by atoms with E-state index in [1.807, 2.05) is 0 Å². The maximum atomic E-state index is 14.4. The van der Waals surface area contributed by atoms with E-state index in [0.29, 0.717) is 13.0 Å². The topological polar surface area (TPSA) is 74.2 Å². The molecule has 0 aromatic heterocycles. The monoisotopic (exact) mass is 414 g/mol. The normalized spacial score (nSPS) is 27.9. The lowest BCUT2D eigenvalue weighted by Crippen LogP contribution is -2.51. The lowest BCUT2D eigenvalue weighted by Gasteiger charge is -2.33. The van der Waals surface area contributed by atoms with Crippen LogP contribution in [0.4, 0.5) is 22.0 Å². The summed E-state index contributed by atoms with van der Waals surface area (Å²) in [5.41, 5.74) is -3.64. The molecule has 1 heterocycles. The maximum Gasteiger partial charge on any atom is 0.419 e. The van der Waals surface area contributed by atoms with Crippen molar-refractivity contribution in [3.05, 3.63) is 34.9 Å². The molecule has 1 aliphatic rings. The minimum atomic E-state index is -4.98. The number of halogens is 5. The minimum absolute atomic E-state index is 0.220. The Balaban J connectivity index is 2.62. The summed E-state index contributed by atoms with van der Waals surface area (Å²) in [6.45, 7) is -0.209. The summed E-state index contributed by atoms with van der Waals surface area (Å²) in [7, 11) is 2.24. The quantitative estimate of drug-likeness (QED) is 0.420. The van der Waals surface area contributed by atoms with Gasteiger partial charge in [0.25, 0.3) is 0 Å². The molecule has 1 N–H and O–H groups in total. The van der Waals surface area contributed by atoms with Crippen LogP contribution in [0, 0.1) is 11.6 Å². The largest absolute Gasteiger partial charge is 0.479 e. The van der Waals surface area contributed by atoms with Crippen molar-refractivity contribution in [1.29, 1.82) is 0 Å². The molecule has 4 atom stereocenters. The van der Waals surface area contributed by atoms with E-state index in [2.05, 4.69) is 4.74 Å². The molecule has 1 fully saturated rings. The van der Waals surface area contributed by atoms with Gasteiger partial charge in [-0.1, -0.05) is 6.07 Å². The number of rotatable bonds is 7. The molecule has 28 heavy (non-hydrogen) atoms. The highest BCUT2D eigenvalue weighted by Gasteiger charge is 2.68. The first-order valence-corrected chi connectivity index (χ1v) is 8.03. The molecular weight excluding hydrogens is 395 g/mol. The molecule has 0 saturated carbocycles. The van der Waals surface area contributed by atoms with Crippen molar-refractivity contribution in [3.63, 3.8) is 0 Å². The summed E-state index contributed by atoms with van der Waals surface area (Å²) in [4.78, 5) is 11.6. The first kappa shape index (κ1) is 22.5. The van der Waals surface area contributed by atoms with Gasteiger partial charge in [0.1, 0.15) is 12.9 Å². The molecule has 158 valence electrons. The number of hydrogen-bond acceptors (Lipinski definition) is 5. The number of carboxylic acids is 1. The number of methoxy groups -OCH3 is 2. The number of benzene rings is 1. The number of ether oxygens (including phenoxy) is 4. The average Bonchev–Trinajstić information content (AvgIpc) is 2.92. The Hall–Kier alpha value is -1.82. The van der Waals surface area contributed by atoms with E-state index in [-0.39, 0.29) is 12.4 Å². The van der Waals surface area contributed by atoms with Crippen molar-refractivity contribution in [1.82, 2.24) is 0 Å². The Labute approximate surface area is 157 Å². The van der Waals surface area contributed by atoms with E-state index in [4.69, 9.17) is 14.2 Å². The Bertz CT molecular complexity index is 725. The third-order valence-electron chi connectivity index (χ3n) is 4.67. The van der Waals surface area contributed by atoms with Crippen LogP contribution in [0.3, 0.4) is 0 Å². The average molecular weight is 414 g/mol. The van der Waals surface area contributed by atoms with Gasteiger partial charge in [-0.15, -0.1) is 0 Å². The first-order chi connectivity index (χ1) is 13.0. The zero-order chi connectivity index (χ0) is 21.3. The van der Waals surface area contributed by atoms with Crippen LogP contribution in [0.15, 0.2) is 12.1 Å². The van der Waals surface area contributed by atoms with Crippen molar-refractivity contribution in [3.8, 4) is 0 Å². The third-order valence-corrected chi connectivity index (χ3v) is 4.67. The molecule has 0 unspecified atom stereocenters. The van der Waals surface area contributed by atoms with Crippen LogP contribution in [0.25, 0.3) is 0 Å². The second-order valence-electron chi connectivity index (χ2n) is 6.35. The van der Waals surface area contributed by atoms with E-state index in [1.54, 1.807) is 0 Å². The summed E-state index contributed by atoms with van der Waals surface area (Å²) in [6.07, 6.45) is -8.83. The molecule has 11 heteroatoms. The van der Waals surface area contributed by atoms with E-state index < -0.39 is 59.7 Å². The van der Waals surface area contributed by atoms with E-state index >= 15 is 0 Å². The molecular formula is C17H19F5O6. The zero-order valence-electron chi connectivity index (χ0n) is 15.2. The lowest BCUT2D eigenvalue weighted by molar-refractivity contribution is -0.284. The van der Waals surface area contributed by atoms with Gasteiger partial charge in [0.15, 0.2) is 23.3 Å². The van der Waals surface area contributed by atoms with Gasteiger partial charge in [-0.3, -0.25) is 0 Å². The molecule has 1 aromatic carbocycles. The zero-order valence-corrected chi connectivity index (χ0v) is 15.2. The predicted octanol–water partition coefficient (Wildman–Crippen LogP) is 2.99. The van der Waals surface area contributed by atoms with Gasteiger partial charge in [0.05, 0.1) is 12.5 Å². The van der Waals surface area contributed by atoms with Crippen molar-refractivity contribution in [2.75, 3.05) is 21.0 Å². The molecule has 1 aromatic rings. The Morgan fingerprint density at radius 3 is 2.43 bits per heavy atom. The molecule has 0 radical (unpaired) electrons. The van der Waals surface area contributed by atoms with Crippen LogP contribution in [0.2, 0.25) is 0 Å². The van der Waals surface area contributed by atoms with Gasteiger partial charge < -0.3 is 24.1 Å². The highest BCUT2D eigenvalue weighted by Crippen LogP contribution is 2.51. The van der Waals surface area contributed by atoms with Crippen LogP contribution in [-0.4, -0.2) is 56.1 Å². The Kier molecular flexibility index (Phi) is 6.64. The van der Waals surface area contributed by atoms with E-state index in [9.17, 15) is 31.9 Å². The van der Waals surface area contributed by atoms with Crippen LogP contribution >= 0.6 is 0 Å². The highest BCUT2D eigenvalue weighted by molar-refractivity contribution is 5.75. The smallest absolute Gasteiger partial charge is 0.419 e. The van der Waals surface area contributed by atoms with Gasteiger partial charge in [-0.2, -0.15) is 13.2 Å². The second kappa shape index (κ2) is 8.27. The lowest BCUT2D eigenvalue weighted by atomic mass is 9.81.